The summed E-state index contributed by atoms with van der Waals surface area (Å²) in [6, 6.07) is 3.90. The predicted molar refractivity (Wildman–Crippen MR) is 68.3 cm³/mol. The van der Waals surface area contributed by atoms with Crippen molar-refractivity contribution in [1.29, 1.82) is 0 Å². The lowest BCUT2D eigenvalue weighted by Crippen LogP contribution is -2.50. The Balaban J connectivity index is 2.59. The predicted octanol–water partition coefficient (Wildman–Crippen LogP) is 3.32. The van der Waals surface area contributed by atoms with E-state index in [0.717, 1.165) is 21.8 Å². The zero-order valence-corrected chi connectivity index (χ0v) is 10.9. The van der Waals surface area contributed by atoms with Crippen LogP contribution in [-0.4, -0.2) is 16.7 Å². The molecule has 0 amide bonds. The first-order valence-corrected chi connectivity index (χ1v) is 5.97. The molecule has 2 rings (SSSR count). The highest BCUT2D eigenvalue weighted by molar-refractivity contribution is 6.31. The van der Waals surface area contributed by atoms with Gasteiger partial charge in [-0.15, -0.1) is 0 Å². The summed E-state index contributed by atoms with van der Waals surface area (Å²) in [5, 5.41) is 14.4. The van der Waals surface area contributed by atoms with Crippen molar-refractivity contribution in [3.8, 4) is 0 Å². The summed E-state index contributed by atoms with van der Waals surface area (Å²) in [4.78, 5) is 0. The average molecular weight is 240 g/mol. The number of anilines is 1. The SMILES string of the molecule is Cc1c(Cl)ccc2c1NC(C)(C)[C@H](O)[C@H]2C. The van der Waals surface area contributed by atoms with E-state index in [9.17, 15) is 5.11 Å². The van der Waals surface area contributed by atoms with Gasteiger partial charge in [0.2, 0.25) is 0 Å². The standard InChI is InChI=1S/C13H18ClNO/c1-7-9-5-6-10(14)8(2)11(9)15-13(3,4)12(7)16/h5-7,12,15-16H,1-4H3/t7-,12+/m0/s1. The summed E-state index contributed by atoms with van der Waals surface area (Å²) in [7, 11) is 0. The van der Waals surface area contributed by atoms with Gasteiger partial charge in [0.25, 0.3) is 0 Å². The Bertz CT molecular complexity index is 428. The summed E-state index contributed by atoms with van der Waals surface area (Å²) in [5.41, 5.74) is 2.97. The largest absolute Gasteiger partial charge is 0.390 e. The van der Waals surface area contributed by atoms with E-state index in [1.54, 1.807) is 0 Å². The van der Waals surface area contributed by atoms with E-state index >= 15 is 0 Å². The van der Waals surface area contributed by atoms with Gasteiger partial charge in [-0.05, 0) is 38.0 Å². The summed E-state index contributed by atoms with van der Waals surface area (Å²) in [6.45, 7) is 8.09. The van der Waals surface area contributed by atoms with Crippen LogP contribution in [0.15, 0.2) is 12.1 Å². The summed E-state index contributed by atoms with van der Waals surface area (Å²) < 4.78 is 0. The van der Waals surface area contributed by atoms with Crippen LogP contribution in [0.1, 0.15) is 37.8 Å². The van der Waals surface area contributed by atoms with Gasteiger partial charge in [-0.1, -0.05) is 24.6 Å². The van der Waals surface area contributed by atoms with E-state index in [0.29, 0.717) is 0 Å². The van der Waals surface area contributed by atoms with Crippen LogP contribution in [0.25, 0.3) is 0 Å². The minimum Gasteiger partial charge on any atom is -0.390 e. The smallest absolute Gasteiger partial charge is 0.0830 e. The molecule has 2 nitrogen and oxygen atoms in total. The molecular formula is C13H18ClNO. The van der Waals surface area contributed by atoms with Crippen LogP contribution >= 0.6 is 11.6 Å². The molecule has 0 saturated carbocycles. The Morgan fingerprint density at radius 1 is 1.38 bits per heavy atom. The van der Waals surface area contributed by atoms with Crippen molar-refractivity contribution >= 4 is 17.3 Å². The fourth-order valence-electron chi connectivity index (χ4n) is 2.44. The molecule has 2 atom stereocenters. The van der Waals surface area contributed by atoms with Crippen molar-refractivity contribution in [2.24, 2.45) is 0 Å². The maximum atomic E-state index is 10.2. The van der Waals surface area contributed by atoms with Crippen LogP contribution in [0.3, 0.4) is 0 Å². The van der Waals surface area contributed by atoms with Crippen molar-refractivity contribution in [2.75, 3.05) is 5.32 Å². The van der Waals surface area contributed by atoms with Gasteiger partial charge in [0.05, 0.1) is 11.6 Å². The molecule has 0 fully saturated rings. The Labute approximate surface area is 102 Å². The van der Waals surface area contributed by atoms with E-state index in [1.165, 1.54) is 0 Å². The third-order valence-electron chi connectivity index (χ3n) is 3.58. The Hall–Kier alpha value is -0.730. The second-order valence-electron chi connectivity index (χ2n) is 5.22. The van der Waals surface area contributed by atoms with Crippen LogP contribution in [0.2, 0.25) is 5.02 Å². The van der Waals surface area contributed by atoms with E-state index in [1.807, 2.05) is 32.9 Å². The molecule has 0 saturated heterocycles. The van der Waals surface area contributed by atoms with Gasteiger partial charge in [0.1, 0.15) is 0 Å². The lowest BCUT2D eigenvalue weighted by atomic mass is 9.78. The third kappa shape index (κ3) is 1.61. The molecule has 0 aromatic heterocycles. The monoisotopic (exact) mass is 239 g/mol. The first-order valence-electron chi connectivity index (χ1n) is 5.60. The van der Waals surface area contributed by atoms with E-state index in [4.69, 9.17) is 11.6 Å². The topological polar surface area (TPSA) is 32.3 Å². The summed E-state index contributed by atoms with van der Waals surface area (Å²) in [5.74, 6) is 0.127. The van der Waals surface area contributed by atoms with Crippen LogP contribution in [0, 0.1) is 6.92 Å². The first-order chi connectivity index (χ1) is 7.34. The van der Waals surface area contributed by atoms with Gasteiger partial charge in [0, 0.05) is 16.6 Å². The number of rotatable bonds is 0. The highest BCUT2D eigenvalue weighted by Crippen LogP contribution is 2.42. The zero-order chi connectivity index (χ0) is 12.1. The number of fused-ring (bicyclic) bond motifs is 1. The second-order valence-corrected chi connectivity index (χ2v) is 5.62. The van der Waals surface area contributed by atoms with E-state index < -0.39 is 0 Å². The summed E-state index contributed by atoms with van der Waals surface area (Å²) >= 11 is 6.12. The van der Waals surface area contributed by atoms with Crippen molar-refractivity contribution in [3.05, 3.63) is 28.3 Å². The molecule has 16 heavy (non-hydrogen) atoms. The van der Waals surface area contributed by atoms with Crippen LogP contribution < -0.4 is 5.32 Å². The molecular weight excluding hydrogens is 222 g/mol. The maximum absolute atomic E-state index is 10.2. The molecule has 1 aromatic rings. The van der Waals surface area contributed by atoms with Gasteiger partial charge < -0.3 is 10.4 Å². The van der Waals surface area contributed by atoms with Gasteiger partial charge in [-0.2, -0.15) is 0 Å². The van der Waals surface area contributed by atoms with Gasteiger partial charge >= 0.3 is 0 Å². The third-order valence-corrected chi connectivity index (χ3v) is 3.99. The van der Waals surface area contributed by atoms with Crippen LogP contribution in [-0.2, 0) is 0 Å². The normalized spacial score (nSPS) is 27.1. The molecule has 0 radical (unpaired) electrons. The maximum Gasteiger partial charge on any atom is 0.0830 e. The lowest BCUT2D eigenvalue weighted by Gasteiger charge is -2.43. The van der Waals surface area contributed by atoms with Gasteiger partial charge in [-0.3, -0.25) is 0 Å². The quantitative estimate of drug-likeness (QED) is 0.728. The van der Waals surface area contributed by atoms with Crippen molar-refractivity contribution in [1.82, 2.24) is 0 Å². The molecule has 1 aliphatic rings. The molecule has 0 bridgehead atoms. The Kier molecular flexibility index (Phi) is 2.67. The minimum atomic E-state index is -0.388. The highest BCUT2D eigenvalue weighted by atomic mass is 35.5. The average Bonchev–Trinajstić information content (AvgIpc) is 2.21. The number of nitrogens with one attached hydrogen (secondary N) is 1. The van der Waals surface area contributed by atoms with E-state index in [-0.39, 0.29) is 17.6 Å². The molecule has 3 heteroatoms. The Morgan fingerprint density at radius 2 is 2.00 bits per heavy atom. The number of hydrogen-bond donors (Lipinski definition) is 2. The second kappa shape index (κ2) is 3.64. The fraction of sp³-hybridized carbons (Fsp3) is 0.538. The van der Waals surface area contributed by atoms with E-state index in [2.05, 4.69) is 12.2 Å². The molecule has 0 spiro atoms. The zero-order valence-electron chi connectivity index (χ0n) is 10.1. The first kappa shape index (κ1) is 11.7. The number of aliphatic hydroxyl groups is 1. The number of benzene rings is 1. The van der Waals surface area contributed by atoms with Crippen molar-refractivity contribution < 1.29 is 5.11 Å². The molecule has 88 valence electrons. The van der Waals surface area contributed by atoms with Crippen molar-refractivity contribution in [2.45, 2.75) is 45.3 Å². The molecule has 0 unspecified atom stereocenters. The number of halogens is 1. The molecule has 2 N–H and O–H groups in total. The molecule has 1 aromatic carbocycles. The number of aliphatic hydroxyl groups excluding tert-OH is 1. The minimum absolute atomic E-state index is 0.127. The highest BCUT2D eigenvalue weighted by Gasteiger charge is 2.39. The van der Waals surface area contributed by atoms with Crippen molar-refractivity contribution in [3.63, 3.8) is 0 Å². The van der Waals surface area contributed by atoms with Crippen LogP contribution in [0.5, 0.6) is 0 Å². The fourth-order valence-corrected chi connectivity index (χ4v) is 2.60. The van der Waals surface area contributed by atoms with Crippen LogP contribution in [0.4, 0.5) is 5.69 Å². The summed E-state index contributed by atoms with van der Waals surface area (Å²) in [6.07, 6.45) is -0.388. The lowest BCUT2D eigenvalue weighted by molar-refractivity contribution is 0.0868. The van der Waals surface area contributed by atoms with Gasteiger partial charge in [-0.25, -0.2) is 0 Å². The Morgan fingerprint density at radius 3 is 2.62 bits per heavy atom. The van der Waals surface area contributed by atoms with Gasteiger partial charge in [0.15, 0.2) is 0 Å². The number of hydrogen-bond acceptors (Lipinski definition) is 2. The molecule has 0 aliphatic carbocycles. The molecule has 1 heterocycles. The molecule has 1 aliphatic heterocycles.